The quantitative estimate of drug-likeness (QED) is 0.546. The average Bonchev–Trinajstić information content (AvgIpc) is 3.21. The molecule has 2 aromatic heterocycles. The summed E-state index contributed by atoms with van der Waals surface area (Å²) in [4.78, 5) is 22.7. The Morgan fingerprint density at radius 3 is 2.94 bits per heavy atom. The number of aromatic nitrogens is 4. The standard InChI is InChI=1S/C19H19ClF3N7O/c20-12-4-11(19(21,22)23)5-14(6-12)24-8-16(31)30-3-1-2-13(9-30)28-17-15-7-27-29-18(15)26-10-25-17/h4-7,10,13,24H,1-3,8-9H2,(H2,25,26,27,28,29)/t13-/m0/s1. The van der Waals surface area contributed by atoms with E-state index < -0.39 is 11.7 Å². The minimum absolute atomic E-state index is 0.0197. The number of amides is 1. The number of H-pyrrole nitrogens is 1. The lowest BCUT2D eigenvalue weighted by Crippen LogP contribution is -2.47. The van der Waals surface area contributed by atoms with Crippen molar-refractivity contribution in [2.24, 2.45) is 0 Å². The summed E-state index contributed by atoms with van der Waals surface area (Å²) in [5, 5.41) is 13.5. The van der Waals surface area contributed by atoms with Gasteiger partial charge in [-0.1, -0.05) is 11.6 Å². The molecule has 0 radical (unpaired) electrons. The monoisotopic (exact) mass is 453 g/mol. The van der Waals surface area contributed by atoms with Gasteiger partial charge in [0.15, 0.2) is 5.65 Å². The molecular weight excluding hydrogens is 435 g/mol. The molecular formula is C19H19ClF3N7O. The number of halogens is 4. The highest BCUT2D eigenvalue weighted by atomic mass is 35.5. The van der Waals surface area contributed by atoms with E-state index >= 15 is 0 Å². The first kappa shape index (κ1) is 21.2. The smallest absolute Gasteiger partial charge is 0.376 e. The number of carbonyl (C=O) groups is 1. The van der Waals surface area contributed by atoms with Crippen molar-refractivity contribution in [1.29, 1.82) is 0 Å². The molecule has 1 fully saturated rings. The summed E-state index contributed by atoms with van der Waals surface area (Å²) in [5.41, 5.74) is -0.110. The summed E-state index contributed by atoms with van der Waals surface area (Å²) in [5.74, 6) is 0.422. The summed E-state index contributed by atoms with van der Waals surface area (Å²) in [7, 11) is 0. The van der Waals surface area contributed by atoms with E-state index in [9.17, 15) is 18.0 Å². The van der Waals surface area contributed by atoms with Gasteiger partial charge in [-0.15, -0.1) is 0 Å². The van der Waals surface area contributed by atoms with Gasteiger partial charge in [0.2, 0.25) is 5.91 Å². The molecule has 0 unspecified atom stereocenters. The third kappa shape index (κ3) is 4.98. The second-order valence-corrected chi connectivity index (χ2v) is 7.69. The number of carbonyl (C=O) groups excluding carboxylic acids is 1. The van der Waals surface area contributed by atoms with Gasteiger partial charge in [0.05, 0.1) is 23.7 Å². The molecule has 1 saturated heterocycles. The summed E-state index contributed by atoms with van der Waals surface area (Å²) in [6.45, 7) is 0.893. The molecule has 1 atom stereocenters. The number of nitrogens with zero attached hydrogens (tertiary/aromatic N) is 4. The number of rotatable bonds is 5. The van der Waals surface area contributed by atoms with Crippen molar-refractivity contribution >= 4 is 40.0 Å². The molecule has 8 nitrogen and oxygen atoms in total. The van der Waals surface area contributed by atoms with Gasteiger partial charge < -0.3 is 15.5 Å². The van der Waals surface area contributed by atoms with E-state index in [4.69, 9.17) is 11.6 Å². The third-order valence-corrected chi connectivity index (χ3v) is 5.25. The zero-order chi connectivity index (χ0) is 22.0. The van der Waals surface area contributed by atoms with Gasteiger partial charge in [-0.3, -0.25) is 9.89 Å². The van der Waals surface area contributed by atoms with Gasteiger partial charge in [-0.05, 0) is 31.0 Å². The third-order valence-electron chi connectivity index (χ3n) is 5.03. The molecule has 3 aromatic rings. The molecule has 3 N–H and O–H groups in total. The normalized spacial score (nSPS) is 17.0. The predicted molar refractivity (Wildman–Crippen MR) is 110 cm³/mol. The van der Waals surface area contributed by atoms with Crippen LogP contribution in [0.5, 0.6) is 0 Å². The Hall–Kier alpha value is -3.08. The number of hydrogen-bond acceptors (Lipinski definition) is 6. The van der Waals surface area contributed by atoms with Crippen molar-refractivity contribution in [3.8, 4) is 0 Å². The van der Waals surface area contributed by atoms with Crippen LogP contribution in [0, 0.1) is 0 Å². The molecule has 0 aliphatic carbocycles. The zero-order valence-corrected chi connectivity index (χ0v) is 17.0. The highest BCUT2D eigenvalue weighted by molar-refractivity contribution is 6.31. The Morgan fingerprint density at radius 1 is 1.29 bits per heavy atom. The fraction of sp³-hybridized carbons (Fsp3) is 0.368. The molecule has 1 aliphatic rings. The SMILES string of the molecule is O=C(CNc1cc(Cl)cc(C(F)(F)F)c1)N1CCC[C@H](Nc2ncnc3[nH]ncc23)C1. The fourth-order valence-corrected chi connectivity index (χ4v) is 3.77. The second kappa shape index (κ2) is 8.58. The number of nitrogens with one attached hydrogen (secondary N) is 3. The molecule has 0 bridgehead atoms. The Kier molecular flexibility index (Phi) is 5.86. The number of benzene rings is 1. The Labute approximate surface area is 180 Å². The fourth-order valence-electron chi connectivity index (χ4n) is 3.54. The predicted octanol–water partition coefficient (Wildman–Crippen LogP) is 3.54. The highest BCUT2D eigenvalue weighted by Crippen LogP contribution is 2.33. The van der Waals surface area contributed by atoms with Crippen LogP contribution in [0.15, 0.2) is 30.7 Å². The van der Waals surface area contributed by atoms with Crippen LogP contribution in [0.3, 0.4) is 0 Å². The lowest BCUT2D eigenvalue weighted by molar-refractivity contribution is -0.137. The van der Waals surface area contributed by atoms with Gasteiger partial charge >= 0.3 is 6.18 Å². The molecule has 3 heterocycles. The van der Waals surface area contributed by atoms with E-state index in [0.29, 0.717) is 24.6 Å². The molecule has 1 aromatic carbocycles. The van der Waals surface area contributed by atoms with Crippen LogP contribution in [0.1, 0.15) is 18.4 Å². The molecule has 31 heavy (non-hydrogen) atoms. The number of likely N-dealkylation sites (tertiary alicyclic amines) is 1. The average molecular weight is 454 g/mol. The number of fused-ring (bicyclic) bond motifs is 1. The number of hydrogen-bond donors (Lipinski definition) is 3. The summed E-state index contributed by atoms with van der Waals surface area (Å²) >= 11 is 5.79. The van der Waals surface area contributed by atoms with Gasteiger partial charge in [-0.25, -0.2) is 9.97 Å². The van der Waals surface area contributed by atoms with E-state index in [1.165, 1.54) is 12.4 Å². The summed E-state index contributed by atoms with van der Waals surface area (Å²) in [6, 6.07) is 3.12. The highest BCUT2D eigenvalue weighted by Gasteiger charge is 2.31. The van der Waals surface area contributed by atoms with Crippen molar-refractivity contribution < 1.29 is 18.0 Å². The van der Waals surface area contributed by atoms with Gasteiger partial charge in [-0.2, -0.15) is 18.3 Å². The number of alkyl halides is 3. The van der Waals surface area contributed by atoms with Gasteiger partial charge in [0.1, 0.15) is 12.1 Å². The molecule has 0 saturated carbocycles. The first-order valence-electron chi connectivity index (χ1n) is 9.59. The van der Waals surface area contributed by atoms with E-state index in [1.54, 1.807) is 11.1 Å². The largest absolute Gasteiger partial charge is 0.416 e. The van der Waals surface area contributed by atoms with Gasteiger partial charge in [0, 0.05) is 29.8 Å². The van der Waals surface area contributed by atoms with Crippen LogP contribution >= 0.6 is 11.6 Å². The molecule has 1 amide bonds. The van der Waals surface area contributed by atoms with E-state index in [0.717, 1.165) is 30.4 Å². The van der Waals surface area contributed by atoms with Crippen molar-refractivity contribution in [2.75, 3.05) is 30.3 Å². The van der Waals surface area contributed by atoms with E-state index in [1.807, 2.05) is 0 Å². The minimum Gasteiger partial charge on any atom is -0.376 e. The lowest BCUT2D eigenvalue weighted by atomic mass is 10.1. The number of anilines is 2. The number of aromatic amines is 1. The van der Waals surface area contributed by atoms with Crippen LogP contribution < -0.4 is 10.6 Å². The van der Waals surface area contributed by atoms with Crippen LogP contribution in [-0.4, -0.2) is 56.6 Å². The van der Waals surface area contributed by atoms with Crippen LogP contribution in [0.25, 0.3) is 11.0 Å². The number of piperidine rings is 1. The van der Waals surface area contributed by atoms with Crippen molar-refractivity contribution in [2.45, 2.75) is 25.1 Å². The maximum Gasteiger partial charge on any atom is 0.416 e. The second-order valence-electron chi connectivity index (χ2n) is 7.26. The maximum absolute atomic E-state index is 13.0. The van der Waals surface area contributed by atoms with Crippen LogP contribution in [0.2, 0.25) is 5.02 Å². The van der Waals surface area contributed by atoms with Gasteiger partial charge in [0.25, 0.3) is 0 Å². The van der Waals surface area contributed by atoms with Crippen molar-refractivity contribution in [3.63, 3.8) is 0 Å². The minimum atomic E-state index is -4.52. The molecule has 12 heteroatoms. The van der Waals surface area contributed by atoms with E-state index in [2.05, 4.69) is 30.8 Å². The lowest BCUT2D eigenvalue weighted by Gasteiger charge is -2.33. The first-order valence-corrected chi connectivity index (χ1v) is 9.97. The Morgan fingerprint density at radius 2 is 2.13 bits per heavy atom. The molecule has 164 valence electrons. The maximum atomic E-state index is 13.0. The summed E-state index contributed by atoms with van der Waals surface area (Å²) < 4.78 is 38.9. The summed E-state index contributed by atoms with van der Waals surface area (Å²) in [6.07, 6.45) is 0.187. The topological polar surface area (TPSA) is 98.8 Å². The first-order chi connectivity index (χ1) is 14.8. The van der Waals surface area contributed by atoms with Crippen molar-refractivity contribution in [3.05, 3.63) is 41.3 Å². The Bertz CT molecular complexity index is 1090. The van der Waals surface area contributed by atoms with Crippen LogP contribution in [0.4, 0.5) is 24.7 Å². The Balaban J connectivity index is 1.37. The molecule has 4 rings (SSSR count). The van der Waals surface area contributed by atoms with E-state index in [-0.39, 0.29) is 29.2 Å². The van der Waals surface area contributed by atoms with Crippen molar-refractivity contribution in [1.82, 2.24) is 25.1 Å². The molecule has 1 aliphatic heterocycles. The zero-order valence-electron chi connectivity index (χ0n) is 16.2. The molecule has 0 spiro atoms. The van der Waals surface area contributed by atoms with Crippen LogP contribution in [-0.2, 0) is 11.0 Å².